The second kappa shape index (κ2) is 11.4. The number of rotatable bonds is 8. The third kappa shape index (κ3) is 6.74. The van der Waals surface area contributed by atoms with E-state index >= 15 is 0 Å². The van der Waals surface area contributed by atoms with Gasteiger partial charge in [-0.1, -0.05) is 70.0 Å². The number of carbonyl (C=O) groups is 2. The molecule has 0 unspecified atom stereocenters. The zero-order valence-electron chi connectivity index (χ0n) is 22.6. The Hall–Kier alpha value is -3.61. The maximum atomic E-state index is 13.2. The minimum Gasteiger partial charge on any atom is -0.315 e. The summed E-state index contributed by atoms with van der Waals surface area (Å²) >= 11 is 0. The Morgan fingerprint density at radius 2 is 1.61 bits per heavy atom. The molecule has 0 aliphatic carbocycles. The molecular formula is C29H39N5O2. The van der Waals surface area contributed by atoms with Crippen molar-refractivity contribution in [2.75, 3.05) is 23.7 Å². The van der Waals surface area contributed by atoms with E-state index in [0.29, 0.717) is 12.4 Å². The van der Waals surface area contributed by atoms with Crippen molar-refractivity contribution in [2.45, 2.75) is 66.7 Å². The number of hydrogen-bond acceptors (Lipinski definition) is 3. The van der Waals surface area contributed by atoms with Gasteiger partial charge in [-0.15, -0.1) is 0 Å². The molecule has 7 heteroatoms. The van der Waals surface area contributed by atoms with Crippen molar-refractivity contribution in [3.8, 4) is 5.69 Å². The number of para-hydroxylation sites is 1. The van der Waals surface area contributed by atoms with Gasteiger partial charge in [-0.25, -0.2) is 9.48 Å². The average Bonchev–Trinajstić information content (AvgIpc) is 3.23. The van der Waals surface area contributed by atoms with Gasteiger partial charge in [-0.05, 0) is 50.5 Å². The molecule has 0 aliphatic rings. The highest BCUT2D eigenvalue weighted by Crippen LogP contribution is 2.26. The summed E-state index contributed by atoms with van der Waals surface area (Å²) in [6.45, 7) is 14.7. The number of aromatic nitrogens is 2. The Morgan fingerprint density at radius 3 is 2.19 bits per heavy atom. The molecule has 0 bridgehead atoms. The number of amides is 3. The van der Waals surface area contributed by atoms with Crippen LogP contribution in [0.5, 0.6) is 0 Å². The van der Waals surface area contributed by atoms with Gasteiger partial charge in [0.2, 0.25) is 5.91 Å². The second-order valence-corrected chi connectivity index (χ2v) is 10.4. The predicted molar refractivity (Wildman–Crippen MR) is 147 cm³/mol. The zero-order valence-corrected chi connectivity index (χ0v) is 22.6. The monoisotopic (exact) mass is 489 g/mol. The molecule has 7 nitrogen and oxygen atoms in total. The van der Waals surface area contributed by atoms with Crippen molar-refractivity contribution in [2.24, 2.45) is 0 Å². The van der Waals surface area contributed by atoms with Crippen LogP contribution in [0.2, 0.25) is 0 Å². The van der Waals surface area contributed by atoms with Crippen LogP contribution in [0.1, 0.15) is 62.9 Å². The van der Waals surface area contributed by atoms with E-state index in [-0.39, 0.29) is 23.9 Å². The standard InChI is InChI=1S/C29H39N5O2/c1-8-9-17-33(28(36)31-27-21(3)11-10-12-22(27)4)19-26(35)30-25-18-24(29(5,6)7)32-34(25)23-15-13-20(2)14-16-23/h10-16,18H,8-9,17,19H2,1-7H3,(H,30,35)(H,31,36). The SMILES string of the molecule is CCCCN(CC(=O)Nc1cc(C(C)(C)C)nn1-c1ccc(C)cc1)C(=O)Nc1c(C)cccc1C. The first-order valence-corrected chi connectivity index (χ1v) is 12.6. The van der Waals surface area contributed by atoms with E-state index in [1.165, 1.54) is 0 Å². The molecule has 192 valence electrons. The van der Waals surface area contributed by atoms with Crippen molar-refractivity contribution in [3.05, 3.63) is 70.9 Å². The largest absolute Gasteiger partial charge is 0.322 e. The topological polar surface area (TPSA) is 79.3 Å². The number of urea groups is 1. The van der Waals surface area contributed by atoms with Crippen LogP contribution in [0.3, 0.4) is 0 Å². The Morgan fingerprint density at radius 1 is 0.972 bits per heavy atom. The maximum Gasteiger partial charge on any atom is 0.322 e. The lowest BCUT2D eigenvalue weighted by Gasteiger charge is -2.23. The molecule has 0 spiro atoms. The van der Waals surface area contributed by atoms with Crippen LogP contribution < -0.4 is 10.6 Å². The molecule has 36 heavy (non-hydrogen) atoms. The van der Waals surface area contributed by atoms with Gasteiger partial charge in [-0.3, -0.25) is 4.79 Å². The van der Waals surface area contributed by atoms with Crippen LogP contribution in [0.25, 0.3) is 5.69 Å². The van der Waals surface area contributed by atoms with Crippen LogP contribution >= 0.6 is 0 Å². The lowest BCUT2D eigenvalue weighted by atomic mass is 9.92. The Kier molecular flexibility index (Phi) is 8.56. The molecule has 0 fully saturated rings. The number of hydrogen-bond donors (Lipinski definition) is 2. The van der Waals surface area contributed by atoms with Crippen LogP contribution in [-0.4, -0.2) is 39.7 Å². The quantitative estimate of drug-likeness (QED) is 0.386. The third-order valence-electron chi connectivity index (χ3n) is 6.14. The molecule has 0 saturated carbocycles. The van der Waals surface area contributed by atoms with Gasteiger partial charge >= 0.3 is 6.03 Å². The maximum absolute atomic E-state index is 13.2. The molecule has 2 aromatic carbocycles. The Balaban J connectivity index is 1.82. The highest BCUT2D eigenvalue weighted by atomic mass is 16.2. The van der Waals surface area contributed by atoms with Gasteiger partial charge in [0.15, 0.2) is 0 Å². The Labute approximate surface area is 214 Å². The van der Waals surface area contributed by atoms with Crippen LogP contribution in [0, 0.1) is 20.8 Å². The van der Waals surface area contributed by atoms with Crippen LogP contribution in [0.4, 0.5) is 16.3 Å². The van der Waals surface area contributed by atoms with Gasteiger partial charge in [0.1, 0.15) is 12.4 Å². The van der Waals surface area contributed by atoms with Crippen molar-refractivity contribution in [1.29, 1.82) is 0 Å². The van der Waals surface area contributed by atoms with E-state index in [0.717, 1.165) is 46.6 Å². The van der Waals surface area contributed by atoms with Gasteiger partial charge < -0.3 is 15.5 Å². The van der Waals surface area contributed by atoms with E-state index in [4.69, 9.17) is 5.10 Å². The molecule has 1 heterocycles. The summed E-state index contributed by atoms with van der Waals surface area (Å²) in [5, 5.41) is 10.8. The molecule has 1 aromatic heterocycles. The number of benzene rings is 2. The van der Waals surface area contributed by atoms with E-state index in [9.17, 15) is 9.59 Å². The highest BCUT2D eigenvalue weighted by Gasteiger charge is 2.23. The first kappa shape index (κ1) is 27.0. The van der Waals surface area contributed by atoms with Gasteiger partial charge in [0.25, 0.3) is 0 Å². The summed E-state index contributed by atoms with van der Waals surface area (Å²) in [5.41, 5.74) is 5.45. The number of anilines is 2. The molecule has 0 radical (unpaired) electrons. The predicted octanol–water partition coefficient (Wildman–Crippen LogP) is 6.37. The minimum atomic E-state index is -0.279. The molecule has 3 rings (SSSR count). The average molecular weight is 490 g/mol. The number of nitrogens with one attached hydrogen (secondary N) is 2. The number of nitrogens with zero attached hydrogens (tertiary/aromatic N) is 3. The lowest BCUT2D eigenvalue weighted by molar-refractivity contribution is -0.116. The number of carbonyl (C=O) groups excluding carboxylic acids is 2. The normalized spacial score (nSPS) is 11.3. The van der Waals surface area contributed by atoms with Gasteiger partial charge in [-0.2, -0.15) is 5.10 Å². The molecule has 0 aliphatic heterocycles. The zero-order chi connectivity index (χ0) is 26.5. The summed E-state index contributed by atoms with van der Waals surface area (Å²) in [6, 6.07) is 15.5. The van der Waals surface area contributed by atoms with Crippen molar-refractivity contribution in [1.82, 2.24) is 14.7 Å². The van der Waals surface area contributed by atoms with Crippen molar-refractivity contribution in [3.63, 3.8) is 0 Å². The molecule has 0 saturated heterocycles. The van der Waals surface area contributed by atoms with Crippen LogP contribution in [-0.2, 0) is 10.2 Å². The fraction of sp³-hybridized carbons (Fsp3) is 0.414. The van der Waals surface area contributed by atoms with E-state index in [1.807, 2.05) is 69.3 Å². The molecule has 3 aromatic rings. The van der Waals surface area contributed by atoms with E-state index in [2.05, 4.69) is 38.3 Å². The van der Waals surface area contributed by atoms with E-state index in [1.54, 1.807) is 9.58 Å². The fourth-order valence-corrected chi connectivity index (χ4v) is 3.87. The van der Waals surface area contributed by atoms with Crippen LogP contribution in [0.15, 0.2) is 48.5 Å². The number of aryl methyl sites for hydroxylation is 3. The summed E-state index contributed by atoms with van der Waals surface area (Å²) < 4.78 is 1.76. The summed E-state index contributed by atoms with van der Waals surface area (Å²) in [5.74, 6) is 0.316. The van der Waals surface area contributed by atoms with Crippen molar-refractivity contribution >= 4 is 23.4 Å². The second-order valence-electron chi connectivity index (χ2n) is 10.4. The van der Waals surface area contributed by atoms with Crippen molar-refractivity contribution < 1.29 is 9.59 Å². The highest BCUT2D eigenvalue weighted by molar-refractivity contribution is 5.97. The first-order valence-electron chi connectivity index (χ1n) is 12.6. The third-order valence-corrected chi connectivity index (χ3v) is 6.14. The summed E-state index contributed by atoms with van der Waals surface area (Å²) in [7, 11) is 0. The molecule has 0 atom stereocenters. The Bertz CT molecular complexity index is 1190. The summed E-state index contributed by atoms with van der Waals surface area (Å²) in [4.78, 5) is 28.0. The van der Waals surface area contributed by atoms with E-state index < -0.39 is 0 Å². The lowest BCUT2D eigenvalue weighted by Crippen LogP contribution is -2.41. The smallest absolute Gasteiger partial charge is 0.315 e. The summed E-state index contributed by atoms with van der Waals surface area (Å²) in [6.07, 6.45) is 1.73. The van der Waals surface area contributed by atoms with Gasteiger partial charge in [0.05, 0.1) is 11.4 Å². The van der Waals surface area contributed by atoms with Gasteiger partial charge in [0, 0.05) is 23.7 Å². The fourth-order valence-electron chi connectivity index (χ4n) is 3.87. The molecule has 3 amide bonds. The number of unbranched alkanes of at least 4 members (excludes halogenated alkanes) is 1. The molecule has 2 N–H and O–H groups in total. The first-order chi connectivity index (χ1) is 17.0. The molecular weight excluding hydrogens is 450 g/mol. The minimum absolute atomic E-state index is 0.0549.